The number of carbonyl (C=O) groups excluding carboxylic acids is 1. The molecule has 2 heterocycles. The molecule has 6 nitrogen and oxygen atoms in total. The number of aromatic carboxylic acids is 1. The number of likely N-dealkylation sites (tertiary alicyclic amines) is 1. The van der Waals surface area contributed by atoms with Crippen LogP contribution in [0.15, 0.2) is 48.7 Å². The van der Waals surface area contributed by atoms with Crippen LogP contribution in [0, 0.1) is 0 Å². The van der Waals surface area contributed by atoms with Crippen LogP contribution >= 0.6 is 0 Å². The van der Waals surface area contributed by atoms with Crippen molar-refractivity contribution in [2.45, 2.75) is 25.4 Å². The highest BCUT2D eigenvalue weighted by Gasteiger charge is 2.25. The fourth-order valence-corrected chi connectivity index (χ4v) is 3.06. The van der Waals surface area contributed by atoms with Gasteiger partial charge in [0.25, 0.3) is 5.91 Å². The maximum absolute atomic E-state index is 12.5. The number of benzene rings is 1. The van der Waals surface area contributed by atoms with Crippen molar-refractivity contribution in [2.75, 3.05) is 19.7 Å². The number of rotatable bonds is 6. The number of pyridine rings is 1. The monoisotopic (exact) mass is 354 g/mol. The maximum atomic E-state index is 12.5. The molecule has 2 aromatic rings. The van der Waals surface area contributed by atoms with Crippen molar-refractivity contribution in [3.8, 4) is 0 Å². The SMILES string of the molecule is O=C(O)c1ccnc(C(=O)N2CCC(OCCc3ccccc3)CC2)c1. The van der Waals surface area contributed by atoms with Gasteiger partial charge in [0.05, 0.1) is 18.3 Å². The van der Waals surface area contributed by atoms with Gasteiger partial charge < -0.3 is 14.7 Å². The van der Waals surface area contributed by atoms with Gasteiger partial charge in [0.1, 0.15) is 5.69 Å². The predicted octanol–water partition coefficient (Wildman–Crippen LogP) is 2.64. The van der Waals surface area contributed by atoms with E-state index in [0.717, 1.165) is 19.3 Å². The first-order chi connectivity index (χ1) is 12.6. The van der Waals surface area contributed by atoms with Crippen molar-refractivity contribution in [1.82, 2.24) is 9.88 Å². The minimum absolute atomic E-state index is 0.0717. The highest BCUT2D eigenvalue weighted by atomic mass is 16.5. The summed E-state index contributed by atoms with van der Waals surface area (Å²) < 4.78 is 5.94. The number of amides is 1. The third kappa shape index (κ3) is 4.67. The summed E-state index contributed by atoms with van der Waals surface area (Å²) in [6, 6.07) is 12.9. The molecule has 26 heavy (non-hydrogen) atoms. The maximum Gasteiger partial charge on any atom is 0.335 e. The Morgan fingerprint density at radius 2 is 1.88 bits per heavy atom. The fraction of sp³-hybridized carbons (Fsp3) is 0.350. The molecule has 136 valence electrons. The van der Waals surface area contributed by atoms with E-state index in [0.29, 0.717) is 19.7 Å². The van der Waals surface area contributed by atoms with E-state index in [-0.39, 0.29) is 23.3 Å². The van der Waals surface area contributed by atoms with Crippen LogP contribution in [-0.4, -0.2) is 52.7 Å². The summed E-state index contributed by atoms with van der Waals surface area (Å²) in [5.41, 5.74) is 1.50. The number of carboxylic acid groups (broad SMARTS) is 1. The largest absolute Gasteiger partial charge is 0.478 e. The molecular formula is C20H22N2O4. The average Bonchev–Trinajstić information content (AvgIpc) is 2.69. The Hall–Kier alpha value is -2.73. The molecule has 1 N–H and O–H groups in total. The van der Waals surface area contributed by atoms with E-state index in [9.17, 15) is 9.59 Å². The molecular weight excluding hydrogens is 332 g/mol. The summed E-state index contributed by atoms with van der Waals surface area (Å²) in [6.45, 7) is 1.85. The van der Waals surface area contributed by atoms with Crippen molar-refractivity contribution in [1.29, 1.82) is 0 Å². The molecule has 3 rings (SSSR count). The predicted molar refractivity (Wildman–Crippen MR) is 96.2 cm³/mol. The lowest BCUT2D eigenvalue weighted by atomic mass is 10.1. The van der Waals surface area contributed by atoms with Gasteiger partial charge in [-0.15, -0.1) is 0 Å². The average molecular weight is 354 g/mol. The quantitative estimate of drug-likeness (QED) is 0.863. The van der Waals surface area contributed by atoms with E-state index in [1.165, 1.54) is 23.9 Å². The molecule has 1 fully saturated rings. The number of nitrogens with zero attached hydrogens (tertiary/aromatic N) is 2. The van der Waals surface area contributed by atoms with Gasteiger partial charge >= 0.3 is 5.97 Å². The Bertz CT molecular complexity index is 755. The zero-order chi connectivity index (χ0) is 18.4. The standard InChI is InChI=1S/C20H22N2O4/c23-19(18-14-16(20(24)25)6-10-21-18)22-11-7-17(8-12-22)26-13-9-15-4-2-1-3-5-15/h1-6,10,14,17H,7-9,11-13H2,(H,24,25). The summed E-state index contributed by atoms with van der Waals surface area (Å²) in [7, 11) is 0. The van der Waals surface area contributed by atoms with Gasteiger partial charge in [0, 0.05) is 19.3 Å². The summed E-state index contributed by atoms with van der Waals surface area (Å²) in [6.07, 6.45) is 3.95. The summed E-state index contributed by atoms with van der Waals surface area (Å²) in [4.78, 5) is 29.3. The molecule has 1 aliphatic heterocycles. The first-order valence-corrected chi connectivity index (χ1v) is 8.77. The van der Waals surface area contributed by atoms with Crippen molar-refractivity contribution < 1.29 is 19.4 Å². The number of hydrogen-bond donors (Lipinski definition) is 1. The first-order valence-electron chi connectivity index (χ1n) is 8.77. The fourth-order valence-electron chi connectivity index (χ4n) is 3.06. The third-order valence-electron chi connectivity index (χ3n) is 4.54. The zero-order valence-electron chi connectivity index (χ0n) is 14.5. The normalized spacial score (nSPS) is 15.0. The number of carboxylic acids is 1. The molecule has 1 aromatic heterocycles. The van der Waals surface area contributed by atoms with E-state index in [4.69, 9.17) is 9.84 Å². The number of piperidine rings is 1. The highest BCUT2D eigenvalue weighted by molar-refractivity contribution is 5.95. The molecule has 0 atom stereocenters. The second-order valence-electron chi connectivity index (χ2n) is 6.33. The second-order valence-corrected chi connectivity index (χ2v) is 6.33. The Kier molecular flexibility index (Phi) is 5.96. The van der Waals surface area contributed by atoms with E-state index < -0.39 is 5.97 Å². The van der Waals surface area contributed by atoms with Crippen LogP contribution in [0.25, 0.3) is 0 Å². The van der Waals surface area contributed by atoms with Gasteiger partial charge in [-0.25, -0.2) is 4.79 Å². The molecule has 0 bridgehead atoms. The Morgan fingerprint density at radius 1 is 1.15 bits per heavy atom. The van der Waals surface area contributed by atoms with Gasteiger partial charge in [-0.3, -0.25) is 9.78 Å². The van der Waals surface area contributed by atoms with Crippen LogP contribution < -0.4 is 0 Å². The molecule has 6 heteroatoms. The molecule has 0 saturated carbocycles. The number of hydrogen-bond acceptors (Lipinski definition) is 4. The summed E-state index contributed by atoms with van der Waals surface area (Å²) in [5.74, 6) is -1.29. The molecule has 1 aromatic carbocycles. The molecule has 0 spiro atoms. The van der Waals surface area contributed by atoms with E-state index in [1.54, 1.807) is 4.90 Å². The van der Waals surface area contributed by atoms with Crippen molar-refractivity contribution >= 4 is 11.9 Å². The van der Waals surface area contributed by atoms with Gasteiger partial charge in [-0.05, 0) is 37.0 Å². The molecule has 1 amide bonds. The van der Waals surface area contributed by atoms with Gasteiger partial charge in [-0.1, -0.05) is 30.3 Å². The van der Waals surface area contributed by atoms with Crippen molar-refractivity contribution in [3.05, 3.63) is 65.5 Å². The highest BCUT2D eigenvalue weighted by Crippen LogP contribution is 2.17. The van der Waals surface area contributed by atoms with E-state index >= 15 is 0 Å². The van der Waals surface area contributed by atoms with Gasteiger partial charge in [-0.2, -0.15) is 0 Å². The summed E-state index contributed by atoms with van der Waals surface area (Å²) in [5, 5.41) is 9.03. The second kappa shape index (κ2) is 8.58. The Balaban J connectivity index is 1.46. The molecule has 0 unspecified atom stereocenters. The van der Waals surface area contributed by atoms with Crippen LogP contribution in [-0.2, 0) is 11.2 Å². The van der Waals surface area contributed by atoms with Crippen molar-refractivity contribution in [2.24, 2.45) is 0 Å². The number of aromatic nitrogens is 1. The molecule has 0 radical (unpaired) electrons. The molecule has 0 aliphatic carbocycles. The van der Waals surface area contributed by atoms with Crippen LogP contribution in [0.2, 0.25) is 0 Å². The Morgan fingerprint density at radius 3 is 2.58 bits per heavy atom. The summed E-state index contributed by atoms with van der Waals surface area (Å²) >= 11 is 0. The third-order valence-corrected chi connectivity index (χ3v) is 4.54. The minimum atomic E-state index is -1.06. The van der Waals surface area contributed by atoms with E-state index in [1.807, 2.05) is 18.2 Å². The van der Waals surface area contributed by atoms with Crippen LogP contribution in [0.3, 0.4) is 0 Å². The molecule has 1 saturated heterocycles. The first kappa shape index (κ1) is 18.1. The minimum Gasteiger partial charge on any atom is -0.478 e. The van der Waals surface area contributed by atoms with Gasteiger partial charge in [0.2, 0.25) is 0 Å². The van der Waals surface area contributed by atoms with Crippen LogP contribution in [0.4, 0.5) is 0 Å². The topological polar surface area (TPSA) is 79.7 Å². The molecule has 1 aliphatic rings. The zero-order valence-corrected chi connectivity index (χ0v) is 14.5. The smallest absolute Gasteiger partial charge is 0.335 e. The van der Waals surface area contributed by atoms with Crippen molar-refractivity contribution in [3.63, 3.8) is 0 Å². The van der Waals surface area contributed by atoms with Gasteiger partial charge in [0.15, 0.2) is 0 Å². The number of ether oxygens (including phenoxy) is 1. The lowest BCUT2D eigenvalue weighted by molar-refractivity contribution is 0.00988. The lowest BCUT2D eigenvalue weighted by Gasteiger charge is -2.31. The lowest BCUT2D eigenvalue weighted by Crippen LogP contribution is -2.41. The Labute approximate surface area is 152 Å². The number of carbonyl (C=O) groups is 2. The van der Waals surface area contributed by atoms with Crippen LogP contribution in [0.1, 0.15) is 39.3 Å². The van der Waals surface area contributed by atoms with E-state index in [2.05, 4.69) is 17.1 Å². The van der Waals surface area contributed by atoms with Crippen LogP contribution in [0.5, 0.6) is 0 Å².